The normalized spacial score (nSPS) is 28.5. The van der Waals surface area contributed by atoms with Crippen LogP contribution in [0.3, 0.4) is 0 Å². The van der Waals surface area contributed by atoms with Crippen LogP contribution in [0.5, 0.6) is 0 Å². The number of ether oxygens (including phenoxy) is 3. The summed E-state index contributed by atoms with van der Waals surface area (Å²) in [7, 11) is -1.97. The largest absolute Gasteiger partial charge is 0.414 e. The average Bonchev–Trinajstić information content (AvgIpc) is 3.23. The fraction of sp³-hybridized carbons (Fsp3) is 0.667. The third kappa shape index (κ3) is 4.28. The molecule has 0 amide bonds. The first-order chi connectivity index (χ1) is 14.2. The van der Waals surface area contributed by atoms with Crippen molar-refractivity contribution in [2.75, 3.05) is 6.61 Å². The quantitative estimate of drug-likeness (QED) is 0.456. The highest BCUT2D eigenvalue weighted by Crippen LogP contribution is 2.48. The molecule has 0 spiro atoms. The number of aromatic nitrogens is 2. The van der Waals surface area contributed by atoms with E-state index in [-0.39, 0.29) is 23.4 Å². The number of hydrogen-bond donors (Lipinski definition) is 0. The number of halogens is 3. The molecule has 172 valence electrons. The molecule has 2 aliphatic heterocycles. The lowest BCUT2D eigenvalue weighted by molar-refractivity contribution is -0.191. The number of hydrogen-bond acceptors (Lipinski definition) is 5. The van der Waals surface area contributed by atoms with Gasteiger partial charge in [0.15, 0.2) is 14.1 Å². The Hall–Kier alpha value is -0.383. The fourth-order valence-corrected chi connectivity index (χ4v) is 5.52. The van der Waals surface area contributed by atoms with Crippen LogP contribution >= 0.6 is 34.8 Å². The Kier molecular flexibility index (Phi) is 6.01. The van der Waals surface area contributed by atoms with Crippen LogP contribution in [0.15, 0.2) is 12.3 Å². The molecule has 4 heterocycles. The molecule has 31 heavy (non-hydrogen) atoms. The Labute approximate surface area is 199 Å². The predicted octanol–water partition coefficient (Wildman–Crippen LogP) is 6.28. The Morgan fingerprint density at radius 3 is 2.45 bits per heavy atom. The van der Waals surface area contributed by atoms with Crippen LogP contribution in [0.4, 0.5) is 0 Å². The SMILES string of the molecule is CC1(C)OC2C(O1)[C@H](c1c(Cl)c(Cl)cc3nc(Cl)cn13)O[C@@H]2CO[Si](C)(C)C(C)(C)C. The smallest absolute Gasteiger partial charge is 0.192 e. The van der Waals surface area contributed by atoms with Crippen LogP contribution < -0.4 is 0 Å². The van der Waals surface area contributed by atoms with Gasteiger partial charge in [0, 0.05) is 12.3 Å². The van der Waals surface area contributed by atoms with Gasteiger partial charge in [-0.15, -0.1) is 0 Å². The summed E-state index contributed by atoms with van der Waals surface area (Å²) in [6, 6.07) is 1.68. The van der Waals surface area contributed by atoms with E-state index in [2.05, 4.69) is 38.8 Å². The highest BCUT2D eigenvalue weighted by molar-refractivity contribution is 6.74. The summed E-state index contributed by atoms with van der Waals surface area (Å²) in [6.07, 6.45) is 0.207. The van der Waals surface area contributed by atoms with Crippen LogP contribution in [0, 0.1) is 0 Å². The zero-order chi connectivity index (χ0) is 22.9. The number of pyridine rings is 1. The molecule has 0 aliphatic carbocycles. The van der Waals surface area contributed by atoms with Crippen molar-refractivity contribution in [2.45, 2.75) is 83.0 Å². The van der Waals surface area contributed by atoms with Crippen molar-refractivity contribution >= 4 is 48.8 Å². The second-order valence-electron chi connectivity index (χ2n) is 10.2. The van der Waals surface area contributed by atoms with Gasteiger partial charge in [-0.25, -0.2) is 4.98 Å². The highest BCUT2D eigenvalue weighted by atomic mass is 35.5. The highest BCUT2D eigenvalue weighted by Gasteiger charge is 2.57. The van der Waals surface area contributed by atoms with Crippen molar-refractivity contribution in [2.24, 2.45) is 0 Å². The molecular formula is C21H29Cl3N2O4Si. The van der Waals surface area contributed by atoms with E-state index in [1.165, 1.54) is 0 Å². The molecule has 0 N–H and O–H groups in total. The number of fused-ring (bicyclic) bond motifs is 2. The molecule has 0 bridgehead atoms. The Balaban J connectivity index is 1.70. The second-order valence-corrected chi connectivity index (χ2v) is 16.2. The summed E-state index contributed by atoms with van der Waals surface area (Å²) in [5.41, 5.74) is 1.24. The van der Waals surface area contributed by atoms with Crippen molar-refractivity contribution < 1.29 is 18.6 Å². The summed E-state index contributed by atoms with van der Waals surface area (Å²) in [6.45, 7) is 15.3. The molecule has 2 aromatic heterocycles. The summed E-state index contributed by atoms with van der Waals surface area (Å²) in [5, 5.41) is 1.19. The maximum atomic E-state index is 6.66. The molecule has 0 aromatic carbocycles. The molecule has 6 nitrogen and oxygen atoms in total. The maximum Gasteiger partial charge on any atom is 0.192 e. The molecular weight excluding hydrogens is 479 g/mol. The van der Waals surface area contributed by atoms with Crippen molar-refractivity contribution in [3.05, 3.63) is 33.2 Å². The minimum absolute atomic E-state index is 0.0900. The Morgan fingerprint density at radius 2 is 1.81 bits per heavy atom. The van der Waals surface area contributed by atoms with Gasteiger partial charge in [-0.2, -0.15) is 0 Å². The van der Waals surface area contributed by atoms with Crippen LogP contribution in [0.25, 0.3) is 5.65 Å². The van der Waals surface area contributed by atoms with Gasteiger partial charge >= 0.3 is 0 Å². The van der Waals surface area contributed by atoms with Gasteiger partial charge < -0.3 is 18.6 Å². The summed E-state index contributed by atoms with van der Waals surface area (Å²) < 4.78 is 27.3. The van der Waals surface area contributed by atoms with Gasteiger partial charge in [0.1, 0.15) is 35.2 Å². The minimum atomic E-state index is -1.97. The van der Waals surface area contributed by atoms with Gasteiger partial charge in [-0.1, -0.05) is 55.6 Å². The van der Waals surface area contributed by atoms with E-state index in [4.69, 9.17) is 53.4 Å². The molecule has 0 saturated carbocycles. The lowest BCUT2D eigenvalue weighted by Gasteiger charge is -2.37. The Bertz CT molecular complexity index is 1000. The van der Waals surface area contributed by atoms with E-state index in [0.717, 1.165) is 0 Å². The van der Waals surface area contributed by atoms with Crippen molar-refractivity contribution in [1.29, 1.82) is 0 Å². The Morgan fingerprint density at radius 1 is 1.16 bits per heavy atom. The first-order valence-electron chi connectivity index (χ1n) is 10.4. The number of imidazole rings is 1. The van der Waals surface area contributed by atoms with Crippen LogP contribution in [0.2, 0.25) is 33.3 Å². The summed E-state index contributed by atoms with van der Waals surface area (Å²) >= 11 is 19.2. The molecule has 4 rings (SSSR count). The first-order valence-corrected chi connectivity index (χ1v) is 14.4. The van der Waals surface area contributed by atoms with Crippen molar-refractivity contribution in [3.8, 4) is 0 Å². The van der Waals surface area contributed by atoms with E-state index in [1.54, 1.807) is 12.3 Å². The molecule has 2 fully saturated rings. The lowest BCUT2D eigenvalue weighted by atomic mass is 10.1. The first kappa shape index (κ1) is 23.8. The average molecular weight is 508 g/mol. The molecule has 2 unspecified atom stereocenters. The molecule has 2 aromatic rings. The molecule has 0 radical (unpaired) electrons. The number of rotatable bonds is 4. The monoisotopic (exact) mass is 506 g/mol. The van der Waals surface area contributed by atoms with E-state index in [0.29, 0.717) is 33.1 Å². The molecule has 2 saturated heterocycles. The van der Waals surface area contributed by atoms with E-state index < -0.39 is 20.2 Å². The summed E-state index contributed by atoms with van der Waals surface area (Å²) in [5.74, 6) is -0.747. The van der Waals surface area contributed by atoms with Gasteiger partial charge in [-0.05, 0) is 32.0 Å². The van der Waals surface area contributed by atoms with Crippen molar-refractivity contribution in [1.82, 2.24) is 9.38 Å². The van der Waals surface area contributed by atoms with Gasteiger partial charge in [0.25, 0.3) is 0 Å². The van der Waals surface area contributed by atoms with E-state index >= 15 is 0 Å². The standard InChI is InChI=1S/C21H29Cl3N2O4Si/c1-20(2,3)31(6,7)27-10-12-17-19(30-21(4,5)29-17)18(28-12)16-15(24)11(22)8-14-25-13(23)9-26(14)16/h8-9,12,17-19H,10H2,1-7H3/t12-,17?,18+,19?/m1/s1. The van der Waals surface area contributed by atoms with Crippen LogP contribution in [-0.4, -0.2) is 48.4 Å². The second kappa shape index (κ2) is 7.84. The minimum Gasteiger partial charge on any atom is -0.414 e. The van der Waals surface area contributed by atoms with E-state index in [9.17, 15) is 0 Å². The maximum absolute atomic E-state index is 6.66. The molecule has 10 heteroatoms. The third-order valence-corrected chi connectivity index (χ3v) is 12.0. The van der Waals surface area contributed by atoms with Gasteiger partial charge in [0.2, 0.25) is 0 Å². The fourth-order valence-electron chi connectivity index (χ4n) is 3.87. The van der Waals surface area contributed by atoms with Crippen molar-refractivity contribution in [3.63, 3.8) is 0 Å². The zero-order valence-electron chi connectivity index (χ0n) is 18.8. The lowest BCUT2D eigenvalue weighted by Crippen LogP contribution is -2.44. The predicted molar refractivity (Wildman–Crippen MR) is 125 cm³/mol. The zero-order valence-corrected chi connectivity index (χ0v) is 22.1. The van der Waals surface area contributed by atoms with Gasteiger partial charge in [0.05, 0.1) is 22.3 Å². The number of nitrogens with zero attached hydrogens (tertiary/aromatic N) is 2. The van der Waals surface area contributed by atoms with Crippen LogP contribution in [0.1, 0.15) is 46.4 Å². The topological polar surface area (TPSA) is 54.2 Å². The molecule has 4 atom stereocenters. The van der Waals surface area contributed by atoms with E-state index in [1.807, 2.05) is 18.2 Å². The summed E-state index contributed by atoms with van der Waals surface area (Å²) in [4.78, 5) is 4.31. The third-order valence-electron chi connectivity index (χ3n) is 6.49. The molecule has 2 aliphatic rings. The van der Waals surface area contributed by atoms with Crippen LogP contribution in [-0.2, 0) is 18.6 Å². The van der Waals surface area contributed by atoms with Gasteiger partial charge in [-0.3, -0.25) is 4.40 Å².